The molecule has 0 atom stereocenters. The molecule has 1 saturated heterocycles. The minimum absolute atomic E-state index is 0.291. The smallest absolute Gasteiger partial charge is 0.400 e. The molecular weight excluding hydrogens is 227 g/mol. The minimum Gasteiger partial charge on any atom is -0.400 e. The summed E-state index contributed by atoms with van der Waals surface area (Å²) in [6.45, 7) is 10.3. The maximum atomic E-state index is 5.94. The van der Waals surface area contributed by atoms with Crippen LogP contribution < -0.4 is 0 Å². The lowest BCUT2D eigenvalue weighted by atomic mass is 9.86. The SMILES string of the molecule is C/C(=C/B1OC(C)(C)C(C)(C)O1)c1ccnn1C. The predicted molar refractivity (Wildman–Crippen MR) is 72.9 cm³/mol. The summed E-state index contributed by atoms with van der Waals surface area (Å²) in [5.74, 6) is 2.01. The molecule has 0 aromatic carbocycles. The van der Waals surface area contributed by atoms with E-state index in [1.807, 2.05) is 30.7 Å². The minimum atomic E-state index is -0.301. The lowest BCUT2D eigenvalue weighted by molar-refractivity contribution is 0.00578. The van der Waals surface area contributed by atoms with Crippen LogP contribution in [0.15, 0.2) is 18.2 Å². The first-order valence-electron chi connectivity index (χ1n) is 6.25. The van der Waals surface area contributed by atoms with Crippen LogP contribution in [-0.2, 0) is 16.4 Å². The number of aromatic nitrogens is 2. The fourth-order valence-corrected chi connectivity index (χ4v) is 2.01. The fourth-order valence-electron chi connectivity index (χ4n) is 2.01. The number of nitrogens with zero attached hydrogens (tertiary/aromatic N) is 2. The predicted octanol–water partition coefficient (Wildman–Crippen LogP) is 2.45. The molecule has 0 aliphatic carbocycles. The van der Waals surface area contributed by atoms with Gasteiger partial charge in [-0.05, 0) is 52.2 Å². The highest BCUT2D eigenvalue weighted by atomic mass is 16.7. The van der Waals surface area contributed by atoms with Gasteiger partial charge in [-0.15, -0.1) is 0 Å². The third-order valence-corrected chi connectivity index (χ3v) is 3.88. The molecule has 0 amide bonds. The zero-order chi connectivity index (χ0) is 13.6. The maximum absolute atomic E-state index is 5.94. The first-order valence-corrected chi connectivity index (χ1v) is 6.25. The van der Waals surface area contributed by atoms with Gasteiger partial charge >= 0.3 is 7.12 Å². The second-order valence-electron chi connectivity index (χ2n) is 5.81. The van der Waals surface area contributed by atoms with Crippen LogP contribution in [-0.4, -0.2) is 28.1 Å². The van der Waals surface area contributed by atoms with Crippen molar-refractivity contribution < 1.29 is 9.31 Å². The molecule has 0 radical (unpaired) electrons. The van der Waals surface area contributed by atoms with Crippen LogP contribution in [0.4, 0.5) is 0 Å². The van der Waals surface area contributed by atoms with E-state index >= 15 is 0 Å². The third-order valence-electron chi connectivity index (χ3n) is 3.88. The average Bonchev–Trinajstić information content (AvgIpc) is 2.69. The molecule has 1 aliphatic heterocycles. The van der Waals surface area contributed by atoms with Crippen molar-refractivity contribution in [1.29, 1.82) is 0 Å². The van der Waals surface area contributed by atoms with E-state index in [-0.39, 0.29) is 18.3 Å². The molecule has 0 unspecified atom stereocenters. The standard InChI is InChI=1S/C13H21BN2O2/c1-10(11-7-8-15-16(11)6)9-14-17-12(2,3)13(4,5)18-14/h7-9H,1-6H3/b10-9-. The largest absolute Gasteiger partial charge is 0.487 e. The Morgan fingerprint density at radius 2 is 1.83 bits per heavy atom. The Hall–Kier alpha value is -1.07. The van der Waals surface area contributed by atoms with E-state index in [0.29, 0.717) is 0 Å². The van der Waals surface area contributed by atoms with Crippen LogP contribution in [0.5, 0.6) is 0 Å². The summed E-state index contributed by atoms with van der Waals surface area (Å²) in [7, 11) is 1.63. The molecule has 1 aromatic heterocycles. The van der Waals surface area contributed by atoms with Gasteiger partial charge in [0.15, 0.2) is 0 Å². The summed E-state index contributed by atoms with van der Waals surface area (Å²) in [6.07, 6.45) is 1.79. The zero-order valence-corrected chi connectivity index (χ0v) is 12.0. The van der Waals surface area contributed by atoms with Gasteiger partial charge in [-0.1, -0.05) is 0 Å². The Morgan fingerprint density at radius 1 is 1.28 bits per heavy atom. The molecule has 98 valence electrons. The molecule has 0 bridgehead atoms. The van der Waals surface area contributed by atoms with Crippen molar-refractivity contribution in [2.24, 2.45) is 7.05 Å². The third kappa shape index (κ3) is 2.25. The van der Waals surface area contributed by atoms with Gasteiger partial charge in [-0.2, -0.15) is 5.10 Å². The van der Waals surface area contributed by atoms with Gasteiger partial charge in [0.25, 0.3) is 0 Å². The highest BCUT2D eigenvalue weighted by molar-refractivity contribution is 6.53. The summed E-state index contributed by atoms with van der Waals surface area (Å²) in [6, 6.07) is 1.98. The van der Waals surface area contributed by atoms with E-state index in [0.717, 1.165) is 11.3 Å². The maximum Gasteiger partial charge on any atom is 0.487 e. The van der Waals surface area contributed by atoms with Crippen molar-refractivity contribution in [2.75, 3.05) is 0 Å². The molecule has 2 heterocycles. The van der Waals surface area contributed by atoms with Crippen LogP contribution in [0.2, 0.25) is 0 Å². The fraction of sp³-hybridized carbons (Fsp3) is 0.615. The summed E-state index contributed by atoms with van der Waals surface area (Å²) in [5, 5.41) is 4.16. The van der Waals surface area contributed by atoms with Crippen LogP contribution in [0.1, 0.15) is 40.3 Å². The lowest BCUT2D eigenvalue weighted by Gasteiger charge is -2.32. The number of rotatable bonds is 2. The number of allylic oxidation sites excluding steroid dienone is 1. The van der Waals surface area contributed by atoms with E-state index in [1.165, 1.54) is 0 Å². The molecule has 2 rings (SSSR count). The van der Waals surface area contributed by atoms with Crippen LogP contribution >= 0.6 is 0 Å². The van der Waals surface area contributed by atoms with Gasteiger partial charge in [0.05, 0.1) is 16.9 Å². The first-order chi connectivity index (χ1) is 8.23. The lowest BCUT2D eigenvalue weighted by Crippen LogP contribution is -2.41. The Morgan fingerprint density at radius 3 is 2.28 bits per heavy atom. The van der Waals surface area contributed by atoms with E-state index < -0.39 is 0 Å². The Balaban J connectivity index is 2.19. The second kappa shape index (κ2) is 4.25. The number of aryl methyl sites for hydroxylation is 1. The van der Waals surface area contributed by atoms with Gasteiger partial charge in [-0.25, -0.2) is 0 Å². The molecule has 4 nitrogen and oxygen atoms in total. The van der Waals surface area contributed by atoms with Crippen molar-refractivity contribution in [3.05, 3.63) is 23.9 Å². The molecule has 5 heteroatoms. The number of hydrogen-bond donors (Lipinski definition) is 0. The van der Waals surface area contributed by atoms with Crippen LogP contribution in [0, 0.1) is 0 Å². The normalized spacial score (nSPS) is 22.6. The van der Waals surface area contributed by atoms with Crippen molar-refractivity contribution in [1.82, 2.24) is 9.78 Å². The van der Waals surface area contributed by atoms with E-state index in [4.69, 9.17) is 9.31 Å². The zero-order valence-electron chi connectivity index (χ0n) is 12.0. The summed E-state index contributed by atoms with van der Waals surface area (Å²) in [4.78, 5) is 0. The highest BCUT2D eigenvalue weighted by Crippen LogP contribution is 2.37. The van der Waals surface area contributed by atoms with Gasteiger partial charge in [0.2, 0.25) is 0 Å². The van der Waals surface area contributed by atoms with E-state index in [9.17, 15) is 0 Å². The second-order valence-corrected chi connectivity index (χ2v) is 5.81. The summed E-state index contributed by atoms with van der Waals surface area (Å²) < 4.78 is 13.7. The van der Waals surface area contributed by atoms with Crippen molar-refractivity contribution in [2.45, 2.75) is 45.8 Å². The average molecular weight is 248 g/mol. The van der Waals surface area contributed by atoms with Gasteiger partial charge in [0, 0.05) is 13.2 Å². The van der Waals surface area contributed by atoms with Gasteiger partial charge < -0.3 is 9.31 Å². The molecular formula is C13H21BN2O2. The molecule has 1 aliphatic rings. The van der Waals surface area contributed by atoms with Gasteiger partial charge in [-0.3, -0.25) is 4.68 Å². The van der Waals surface area contributed by atoms with Crippen molar-refractivity contribution in [3.63, 3.8) is 0 Å². The van der Waals surface area contributed by atoms with Crippen LogP contribution in [0.3, 0.4) is 0 Å². The summed E-state index contributed by atoms with van der Waals surface area (Å²) in [5.41, 5.74) is 1.60. The Labute approximate surface area is 109 Å². The van der Waals surface area contributed by atoms with Crippen LogP contribution in [0.25, 0.3) is 5.57 Å². The van der Waals surface area contributed by atoms with Gasteiger partial charge in [0.1, 0.15) is 0 Å². The first kappa shape index (κ1) is 13.4. The molecule has 18 heavy (non-hydrogen) atoms. The molecule has 0 N–H and O–H groups in total. The monoisotopic (exact) mass is 248 g/mol. The summed E-state index contributed by atoms with van der Waals surface area (Å²) >= 11 is 0. The quantitative estimate of drug-likeness (QED) is 0.754. The Kier molecular flexibility index (Phi) is 3.15. The van der Waals surface area contributed by atoms with Crippen molar-refractivity contribution >= 4 is 12.7 Å². The Bertz CT molecular complexity index is 461. The van der Waals surface area contributed by atoms with Crippen molar-refractivity contribution in [3.8, 4) is 0 Å². The molecule has 1 aromatic rings. The topological polar surface area (TPSA) is 36.3 Å². The molecule has 0 saturated carbocycles. The molecule has 0 spiro atoms. The van der Waals surface area contributed by atoms with E-state index in [2.05, 4.69) is 32.8 Å². The molecule has 1 fully saturated rings. The highest BCUT2D eigenvalue weighted by Gasteiger charge is 2.50. The van der Waals surface area contributed by atoms with E-state index in [1.54, 1.807) is 6.20 Å². The number of hydrogen-bond acceptors (Lipinski definition) is 3.